The van der Waals surface area contributed by atoms with Crippen LogP contribution in [0.2, 0.25) is 0 Å². The van der Waals surface area contributed by atoms with Gasteiger partial charge in [-0.2, -0.15) is 9.29 Å². The lowest BCUT2D eigenvalue weighted by molar-refractivity contribution is 0.216. The van der Waals surface area contributed by atoms with Crippen LogP contribution in [0, 0.1) is 6.92 Å². The minimum Gasteiger partial charge on any atom is -0.488 e. The van der Waals surface area contributed by atoms with Gasteiger partial charge in [-0.3, -0.25) is 0 Å². The van der Waals surface area contributed by atoms with Crippen LogP contribution in [0.15, 0.2) is 50.5 Å². The number of para-hydroxylation sites is 1. The minimum atomic E-state index is -3.45. The van der Waals surface area contributed by atoms with Gasteiger partial charge in [0.2, 0.25) is 0 Å². The second-order valence-corrected chi connectivity index (χ2v) is 9.08. The first kappa shape index (κ1) is 17.2. The molecule has 3 aromatic rings. The third-order valence-corrected chi connectivity index (χ3v) is 7.37. The highest BCUT2D eigenvalue weighted by Gasteiger charge is 2.34. The summed E-state index contributed by atoms with van der Waals surface area (Å²) in [7, 11) is -3.45. The first-order valence-electron chi connectivity index (χ1n) is 8.14. The lowest BCUT2D eigenvalue weighted by Gasteiger charge is -2.17. The van der Waals surface area contributed by atoms with Gasteiger partial charge in [0.15, 0.2) is 5.82 Å². The molecule has 0 bridgehead atoms. The molecule has 3 heterocycles. The van der Waals surface area contributed by atoms with Crippen LogP contribution in [0.5, 0.6) is 5.75 Å². The molecule has 0 aliphatic carbocycles. The summed E-state index contributed by atoms with van der Waals surface area (Å²) in [6, 6.07) is 10.8. The maximum absolute atomic E-state index is 12.6. The van der Waals surface area contributed by atoms with Crippen molar-refractivity contribution < 1.29 is 17.7 Å². The van der Waals surface area contributed by atoms with Gasteiger partial charge in [-0.05, 0) is 36.9 Å². The number of aromatic nitrogens is 2. The highest BCUT2D eigenvalue weighted by molar-refractivity contribution is 7.91. The molecular weight excluding hydrogens is 374 g/mol. The number of rotatable bonds is 5. The number of hydrogen-bond donors (Lipinski definition) is 0. The van der Waals surface area contributed by atoms with Crippen LogP contribution >= 0.6 is 11.3 Å². The average Bonchev–Trinajstić information content (AvgIpc) is 3.37. The van der Waals surface area contributed by atoms with Crippen molar-refractivity contribution in [2.24, 2.45) is 0 Å². The van der Waals surface area contributed by atoms with Gasteiger partial charge in [0.1, 0.15) is 16.1 Å². The fraction of sp³-hybridized carbons (Fsp3) is 0.294. The van der Waals surface area contributed by atoms with Crippen molar-refractivity contribution in [1.29, 1.82) is 0 Å². The molecule has 0 spiro atoms. The molecule has 4 rings (SSSR count). The fourth-order valence-corrected chi connectivity index (χ4v) is 5.51. The molecule has 7 nitrogen and oxygen atoms in total. The van der Waals surface area contributed by atoms with E-state index in [2.05, 4.69) is 10.1 Å². The molecule has 0 N–H and O–H groups in total. The lowest BCUT2D eigenvalue weighted by atomic mass is 10.2. The van der Waals surface area contributed by atoms with E-state index in [4.69, 9.17) is 9.26 Å². The quantitative estimate of drug-likeness (QED) is 0.665. The molecule has 136 valence electrons. The van der Waals surface area contributed by atoms with E-state index in [0.29, 0.717) is 46.7 Å². The van der Waals surface area contributed by atoms with Crippen LogP contribution in [0.3, 0.4) is 0 Å². The molecule has 9 heteroatoms. The van der Waals surface area contributed by atoms with Crippen molar-refractivity contribution in [3.63, 3.8) is 0 Å². The fourth-order valence-electron chi connectivity index (χ4n) is 2.88. The van der Waals surface area contributed by atoms with E-state index in [9.17, 15) is 8.42 Å². The number of thiophene rings is 1. The molecule has 1 saturated heterocycles. The number of aryl methyl sites for hydroxylation is 1. The summed E-state index contributed by atoms with van der Waals surface area (Å²) in [6.45, 7) is 2.50. The summed E-state index contributed by atoms with van der Waals surface area (Å²) in [6.07, 6.45) is 0.400. The van der Waals surface area contributed by atoms with E-state index < -0.39 is 10.0 Å². The summed E-state index contributed by atoms with van der Waals surface area (Å²) < 4.78 is 38.4. The summed E-state index contributed by atoms with van der Waals surface area (Å²) in [5.41, 5.74) is 0.702. The zero-order valence-electron chi connectivity index (χ0n) is 14.0. The number of sulfonamides is 1. The number of hydrogen-bond acceptors (Lipinski definition) is 7. The van der Waals surface area contributed by atoms with Crippen LogP contribution < -0.4 is 4.74 Å². The molecule has 0 radical (unpaired) electrons. The van der Waals surface area contributed by atoms with Crippen LogP contribution in [-0.2, 0) is 10.0 Å². The van der Waals surface area contributed by atoms with E-state index in [1.54, 1.807) is 24.4 Å². The van der Waals surface area contributed by atoms with Crippen molar-refractivity contribution in [3.05, 3.63) is 47.6 Å². The summed E-state index contributed by atoms with van der Waals surface area (Å²) in [5.74, 6) is 1.54. The van der Waals surface area contributed by atoms with Crippen molar-refractivity contribution in [1.82, 2.24) is 14.4 Å². The monoisotopic (exact) mass is 391 g/mol. The van der Waals surface area contributed by atoms with Gasteiger partial charge in [-0.25, -0.2) is 8.42 Å². The first-order chi connectivity index (χ1) is 12.5. The largest absolute Gasteiger partial charge is 0.488 e. The second-order valence-electron chi connectivity index (χ2n) is 5.97. The molecule has 1 aliphatic rings. The normalized spacial score (nSPS) is 18.3. The van der Waals surface area contributed by atoms with E-state index in [-0.39, 0.29) is 6.10 Å². The summed E-state index contributed by atoms with van der Waals surface area (Å²) in [4.78, 5) is 4.24. The Morgan fingerprint density at radius 3 is 2.85 bits per heavy atom. The zero-order chi connectivity index (χ0) is 18.1. The van der Waals surface area contributed by atoms with Crippen molar-refractivity contribution >= 4 is 21.4 Å². The van der Waals surface area contributed by atoms with Crippen LogP contribution in [0.1, 0.15) is 12.2 Å². The van der Waals surface area contributed by atoms with E-state index in [1.807, 2.05) is 24.3 Å². The third kappa shape index (κ3) is 3.25. The van der Waals surface area contributed by atoms with E-state index in [1.165, 1.54) is 15.6 Å². The maximum Gasteiger partial charge on any atom is 0.261 e. The highest BCUT2D eigenvalue weighted by atomic mass is 32.2. The Morgan fingerprint density at radius 1 is 1.27 bits per heavy atom. The highest BCUT2D eigenvalue weighted by Crippen LogP contribution is 2.32. The smallest absolute Gasteiger partial charge is 0.261 e. The Morgan fingerprint density at radius 2 is 2.12 bits per heavy atom. The maximum atomic E-state index is 12.6. The van der Waals surface area contributed by atoms with Crippen molar-refractivity contribution in [3.8, 4) is 17.2 Å². The van der Waals surface area contributed by atoms with Gasteiger partial charge < -0.3 is 9.26 Å². The molecule has 0 amide bonds. The van der Waals surface area contributed by atoms with Gasteiger partial charge in [0.05, 0.1) is 12.1 Å². The molecule has 1 aromatic carbocycles. The Balaban J connectivity index is 1.52. The van der Waals surface area contributed by atoms with E-state index in [0.717, 1.165) is 0 Å². The number of ether oxygens (including phenoxy) is 1. The molecule has 2 aromatic heterocycles. The van der Waals surface area contributed by atoms with Gasteiger partial charge in [0, 0.05) is 6.54 Å². The van der Waals surface area contributed by atoms with Gasteiger partial charge in [0.25, 0.3) is 15.9 Å². The topological polar surface area (TPSA) is 85.5 Å². The van der Waals surface area contributed by atoms with Crippen molar-refractivity contribution in [2.75, 3.05) is 13.1 Å². The molecule has 1 unspecified atom stereocenters. The SMILES string of the molecule is Cc1noc(-c2ccccc2OC2CCN(S(=O)(=O)c3cccs3)C2)n1. The summed E-state index contributed by atoms with van der Waals surface area (Å²) >= 11 is 1.23. The molecule has 1 aliphatic heterocycles. The standard InChI is InChI=1S/C17H17N3O4S2/c1-12-18-17(24-19-12)14-5-2-3-6-15(14)23-13-8-9-20(11-13)26(21,22)16-7-4-10-25-16/h2-7,10,13H,8-9,11H2,1H3. The van der Waals surface area contributed by atoms with Gasteiger partial charge >= 0.3 is 0 Å². The first-order valence-corrected chi connectivity index (χ1v) is 10.5. The number of nitrogens with zero attached hydrogens (tertiary/aromatic N) is 3. The zero-order valence-corrected chi connectivity index (χ0v) is 15.7. The average molecular weight is 391 g/mol. The van der Waals surface area contributed by atoms with Crippen molar-refractivity contribution in [2.45, 2.75) is 23.7 Å². The second kappa shape index (κ2) is 6.82. The van der Waals surface area contributed by atoms with E-state index >= 15 is 0 Å². The van der Waals surface area contributed by atoms with Gasteiger partial charge in [-0.1, -0.05) is 23.4 Å². The molecule has 0 saturated carbocycles. The molecule has 1 atom stereocenters. The molecular formula is C17H17N3O4S2. The third-order valence-electron chi connectivity index (χ3n) is 4.14. The predicted molar refractivity (Wildman–Crippen MR) is 96.6 cm³/mol. The summed E-state index contributed by atoms with van der Waals surface area (Å²) in [5, 5.41) is 5.57. The lowest BCUT2D eigenvalue weighted by Crippen LogP contribution is -2.30. The number of benzene rings is 1. The Bertz CT molecular complexity index is 999. The Labute approximate surface area is 155 Å². The minimum absolute atomic E-state index is 0.227. The van der Waals surface area contributed by atoms with Gasteiger partial charge in [-0.15, -0.1) is 11.3 Å². The Hall–Kier alpha value is -2.23. The van der Waals surface area contributed by atoms with Crippen LogP contribution in [0.25, 0.3) is 11.5 Å². The molecule has 26 heavy (non-hydrogen) atoms. The van der Waals surface area contributed by atoms with Crippen LogP contribution in [-0.4, -0.2) is 42.1 Å². The van der Waals surface area contributed by atoms with Crippen LogP contribution in [0.4, 0.5) is 0 Å². The molecule has 1 fully saturated rings. The predicted octanol–water partition coefficient (Wildman–Crippen LogP) is 2.95. The Kier molecular flexibility index (Phi) is 4.51.